The molecule has 0 spiro atoms. The molecule has 0 saturated carbocycles. The number of hydrogen-bond donors (Lipinski definition) is 1. The van der Waals surface area contributed by atoms with Crippen molar-refractivity contribution in [2.45, 2.75) is 6.18 Å². The molecule has 0 radical (unpaired) electrons. The van der Waals surface area contributed by atoms with Crippen molar-refractivity contribution < 1.29 is 41.1 Å². The van der Waals surface area contributed by atoms with E-state index in [1.165, 1.54) is 20.2 Å². The van der Waals surface area contributed by atoms with Crippen molar-refractivity contribution in [3.8, 4) is 23.3 Å². The van der Waals surface area contributed by atoms with Crippen molar-refractivity contribution in [1.82, 2.24) is 15.3 Å². The third-order valence-electron chi connectivity index (χ3n) is 4.15. The molecule has 1 aromatic heterocycles. The zero-order valence-electron chi connectivity index (χ0n) is 17.5. The number of amides is 1. The van der Waals surface area contributed by atoms with Crippen LogP contribution in [0.15, 0.2) is 53.9 Å². The van der Waals surface area contributed by atoms with Gasteiger partial charge in [0.05, 0.1) is 11.1 Å². The number of aromatic nitrogens is 2. The number of likely N-dealkylation sites (N-methyl/N-ethyl adjacent to an activating group) is 1. The number of nitrogens with zero attached hydrogens (tertiary/aromatic N) is 3. The largest absolute Gasteiger partial charge is 0.436 e. The van der Waals surface area contributed by atoms with Crippen LogP contribution in [0, 0.1) is 11.6 Å². The Balaban J connectivity index is 2.01. The van der Waals surface area contributed by atoms with E-state index in [-0.39, 0.29) is 11.3 Å². The lowest BCUT2D eigenvalue weighted by Crippen LogP contribution is -2.29. The summed E-state index contributed by atoms with van der Waals surface area (Å²) in [5, 5.41) is 5.88. The summed E-state index contributed by atoms with van der Waals surface area (Å²) in [4.78, 5) is 23.9. The summed E-state index contributed by atoms with van der Waals surface area (Å²) >= 11 is 0. The Morgan fingerprint density at radius 2 is 1.65 bits per heavy atom. The van der Waals surface area contributed by atoms with E-state index in [2.05, 4.69) is 25.3 Å². The molecule has 178 valence electrons. The summed E-state index contributed by atoms with van der Waals surface area (Å²) in [6, 6.07) is 7.08. The first kappa shape index (κ1) is 24.4. The van der Waals surface area contributed by atoms with Crippen LogP contribution in [-0.2, 0) is 15.8 Å². The quantitative estimate of drug-likeness (QED) is 0.304. The van der Waals surface area contributed by atoms with Crippen molar-refractivity contribution in [2.24, 2.45) is 5.16 Å². The zero-order chi connectivity index (χ0) is 24.9. The van der Waals surface area contributed by atoms with Crippen molar-refractivity contribution in [2.75, 3.05) is 14.2 Å². The summed E-state index contributed by atoms with van der Waals surface area (Å²) in [5.41, 5.74) is -1.58. The molecule has 0 aliphatic heterocycles. The number of ether oxygens (including phenoxy) is 2. The molecule has 3 rings (SSSR count). The maximum absolute atomic E-state index is 15.0. The molecule has 8 nitrogen and oxygen atoms in total. The van der Waals surface area contributed by atoms with Crippen molar-refractivity contribution in [3.05, 3.63) is 71.6 Å². The maximum atomic E-state index is 15.0. The van der Waals surface area contributed by atoms with Gasteiger partial charge < -0.3 is 19.6 Å². The fourth-order valence-electron chi connectivity index (χ4n) is 2.68. The number of carbonyl (C=O) groups excluding carboxylic acids is 1. The SMILES string of the molecule is CNC(=O)C(=NOC)c1ccc(F)cc1Oc1ncnc(Oc2ccccc2C(F)(F)F)c1F. The van der Waals surface area contributed by atoms with E-state index in [0.717, 1.165) is 42.7 Å². The maximum Gasteiger partial charge on any atom is 0.419 e. The van der Waals surface area contributed by atoms with E-state index in [9.17, 15) is 26.7 Å². The molecule has 0 aliphatic rings. The van der Waals surface area contributed by atoms with Gasteiger partial charge in [-0.2, -0.15) is 27.5 Å². The Morgan fingerprint density at radius 1 is 1.00 bits per heavy atom. The Bertz CT molecular complexity index is 1230. The second kappa shape index (κ2) is 10.1. The Morgan fingerprint density at radius 3 is 2.26 bits per heavy atom. The average molecular weight is 482 g/mol. The second-order valence-electron chi connectivity index (χ2n) is 6.34. The van der Waals surface area contributed by atoms with E-state index < -0.39 is 52.5 Å². The minimum atomic E-state index is -4.77. The molecular weight excluding hydrogens is 467 g/mol. The number of halogens is 5. The van der Waals surface area contributed by atoms with Gasteiger partial charge in [0, 0.05) is 13.1 Å². The van der Waals surface area contributed by atoms with Gasteiger partial charge in [-0.3, -0.25) is 4.79 Å². The molecular formula is C21H15F5N4O4. The number of hydrogen-bond acceptors (Lipinski definition) is 7. The van der Waals surface area contributed by atoms with Crippen LogP contribution in [0.2, 0.25) is 0 Å². The van der Waals surface area contributed by atoms with Gasteiger partial charge in [0.2, 0.25) is 5.82 Å². The van der Waals surface area contributed by atoms with Crippen LogP contribution in [0.4, 0.5) is 22.0 Å². The summed E-state index contributed by atoms with van der Waals surface area (Å²) < 4.78 is 78.9. The molecule has 13 heteroatoms. The smallest absolute Gasteiger partial charge is 0.419 e. The van der Waals surface area contributed by atoms with Crippen LogP contribution in [0.5, 0.6) is 23.3 Å². The predicted octanol–water partition coefficient (Wildman–Crippen LogP) is 4.45. The van der Waals surface area contributed by atoms with Gasteiger partial charge in [-0.1, -0.05) is 17.3 Å². The van der Waals surface area contributed by atoms with E-state index in [1.807, 2.05) is 0 Å². The van der Waals surface area contributed by atoms with Gasteiger partial charge in [-0.25, -0.2) is 4.39 Å². The Kier molecular flexibility index (Phi) is 7.24. The van der Waals surface area contributed by atoms with Gasteiger partial charge in [-0.05, 0) is 24.3 Å². The topological polar surface area (TPSA) is 94.9 Å². The van der Waals surface area contributed by atoms with Gasteiger partial charge in [-0.15, -0.1) is 0 Å². The molecule has 34 heavy (non-hydrogen) atoms. The number of alkyl halides is 3. The van der Waals surface area contributed by atoms with Crippen LogP contribution >= 0.6 is 0 Å². The highest BCUT2D eigenvalue weighted by atomic mass is 19.4. The fourth-order valence-corrected chi connectivity index (χ4v) is 2.68. The van der Waals surface area contributed by atoms with Crippen LogP contribution in [0.25, 0.3) is 0 Å². The minimum Gasteiger partial charge on any atom is -0.436 e. The Hall–Kier alpha value is -4.29. The van der Waals surface area contributed by atoms with Crippen molar-refractivity contribution in [3.63, 3.8) is 0 Å². The van der Waals surface area contributed by atoms with E-state index in [0.29, 0.717) is 0 Å². The van der Waals surface area contributed by atoms with Crippen LogP contribution < -0.4 is 14.8 Å². The van der Waals surface area contributed by atoms with Crippen LogP contribution in [0.3, 0.4) is 0 Å². The summed E-state index contributed by atoms with van der Waals surface area (Å²) in [6.45, 7) is 0. The lowest BCUT2D eigenvalue weighted by Gasteiger charge is -2.15. The summed E-state index contributed by atoms with van der Waals surface area (Å²) in [5.74, 6) is -5.70. The first-order valence-electron chi connectivity index (χ1n) is 9.31. The molecule has 1 N–H and O–H groups in total. The zero-order valence-corrected chi connectivity index (χ0v) is 17.5. The van der Waals surface area contributed by atoms with Crippen molar-refractivity contribution in [1.29, 1.82) is 0 Å². The molecule has 0 atom stereocenters. The second-order valence-corrected chi connectivity index (χ2v) is 6.34. The molecule has 0 fully saturated rings. The predicted molar refractivity (Wildman–Crippen MR) is 108 cm³/mol. The highest BCUT2D eigenvalue weighted by Crippen LogP contribution is 2.39. The normalized spacial score (nSPS) is 11.7. The number of carbonyl (C=O) groups is 1. The van der Waals surface area contributed by atoms with Crippen molar-refractivity contribution >= 4 is 11.6 Å². The number of benzene rings is 2. The molecule has 1 amide bonds. The molecule has 0 aliphatic carbocycles. The highest BCUT2D eigenvalue weighted by Gasteiger charge is 2.34. The summed E-state index contributed by atoms with van der Waals surface area (Å²) in [7, 11) is 2.48. The number of oxime groups is 1. The monoisotopic (exact) mass is 482 g/mol. The molecule has 0 bridgehead atoms. The van der Waals surface area contributed by atoms with Gasteiger partial charge in [0.25, 0.3) is 17.7 Å². The first-order chi connectivity index (χ1) is 16.2. The Labute approximate surface area is 189 Å². The van der Waals surface area contributed by atoms with Crippen LogP contribution in [0.1, 0.15) is 11.1 Å². The highest BCUT2D eigenvalue weighted by molar-refractivity contribution is 6.45. The molecule has 1 heterocycles. The third kappa shape index (κ3) is 5.36. The number of para-hydroxylation sites is 1. The van der Waals surface area contributed by atoms with E-state index in [4.69, 9.17) is 9.47 Å². The number of nitrogens with one attached hydrogen (secondary N) is 1. The lowest BCUT2D eigenvalue weighted by atomic mass is 10.1. The minimum absolute atomic E-state index is 0.0921. The summed E-state index contributed by atoms with van der Waals surface area (Å²) in [6.07, 6.45) is -4.00. The average Bonchev–Trinajstić information content (AvgIpc) is 2.80. The lowest BCUT2D eigenvalue weighted by molar-refractivity contribution is -0.138. The van der Waals surface area contributed by atoms with E-state index >= 15 is 0 Å². The third-order valence-corrected chi connectivity index (χ3v) is 4.15. The fraction of sp³-hybridized carbons (Fsp3) is 0.143. The first-order valence-corrected chi connectivity index (χ1v) is 9.31. The van der Waals surface area contributed by atoms with Gasteiger partial charge in [0.15, 0.2) is 5.71 Å². The standard InChI is InChI=1S/C21H15F5N4O4/c1-27-18(31)17(30-32-2)12-8-7-11(22)9-15(12)34-20-16(23)19(28-10-29-20)33-14-6-4-3-5-13(14)21(24,25)26/h3-10H,1-2H3,(H,27,31). The van der Waals surface area contributed by atoms with Gasteiger partial charge >= 0.3 is 6.18 Å². The van der Waals surface area contributed by atoms with Gasteiger partial charge in [0.1, 0.15) is 30.8 Å². The number of rotatable bonds is 7. The van der Waals surface area contributed by atoms with E-state index in [1.54, 1.807) is 0 Å². The molecule has 3 aromatic rings. The molecule has 0 saturated heterocycles. The van der Waals surface area contributed by atoms with Crippen LogP contribution in [-0.4, -0.2) is 35.7 Å². The molecule has 2 aromatic carbocycles. The molecule has 0 unspecified atom stereocenters.